The molecule has 2 aliphatic heterocycles. The second-order valence-corrected chi connectivity index (χ2v) is 13.0. The Hall–Kier alpha value is -5.12. The minimum Gasteiger partial charge on any atom is -0.490 e. The summed E-state index contributed by atoms with van der Waals surface area (Å²) >= 11 is 8.65. The summed E-state index contributed by atoms with van der Waals surface area (Å²) in [7, 11) is 0. The molecule has 2 amide bonds. The van der Waals surface area contributed by atoms with Crippen molar-refractivity contribution in [1.29, 1.82) is 5.26 Å². The van der Waals surface area contributed by atoms with Crippen LogP contribution in [-0.2, 0) is 17.8 Å². The Labute approximate surface area is 307 Å². The van der Waals surface area contributed by atoms with Gasteiger partial charge in [-0.1, -0.05) is 59.8 Å². The molecule has 5 rings (SSSR count). The summed E-state index contributed by atoms with van der Waals surface area (Å²) in [5, 5.41) is 35.8. The van der Waals surface area contributed by atoms with Crippen LogP contribution in [0.5, 0.6) is 5.75 Å². The fourth-order valence-electron chi connectivity index (χ4n) is 4.47. The van der Waals surface area contributed by atoms with Crippen molar-refractivity contribution >= 4 is 52.8 Å². The lowest BCUT2D eigenvalue weighted by atomic mass is 10.1. The summed E-state index contributed by atoms with van der Waals surface area (Å²) in [6, 6.07) is 14.7. The Morgan fingerprint density at radius 1 is 1.24 bits per heavy atom. The maximum atomic E-state index is 11.5. The number of aromatic amines is 1. The average molecular weight is 758 g/mol. The van der Waals surface area contributed by atoms with Crippen LogP contribution in [-0.4, -0.2) is 102 Å². The Balaban J connectivity index is 0.000000219. The fraction of sp³-hybridized carbons (Fsp3) is 0.344. The van der Waals surface area contributed by atoms with E-state index in [9.17, 15) is 24.5 Å². The summed E-state index contributed by atoms with van der Waals surface area (Å²) in [6.45, 7) is 4.73. The number of aliphatic imine (C=N–C) groups is 1. The molecule has 0 spiro atoms. The lowest BCUT2D eigenvalue weighted by Crippen LogP contribution is -2.33. The van der Waals surface area contributed by atoms with Crippen molar-refractivity contribution < 1.29 is 24.4 Å². The Morgan fingerprint density at radius 2 is 2.02 bits per heavy atom. The molecule has 0 atom stereocenters. The predicted octanol–water partition coefficient (Wildman–Crippen LogP) is 4.52. The molecule has 16 nitrogen and oxygen atoms in total. The van der Waals surface area contributed by atoms with Gasteiger partial charge in [-0.25, -0.2) is 14.9 Å². The van der Waals surface area contributed by atoms with Crippen LogP contribution in [0, 0.1) is 21.6 Å². The van der Waals surface area contributed by atoms with Gasteiger partial charge in [-0.3, -0.25) is 19.7 Å². The molecular formula is C32H36ClN9O7S2. The van der Waals surface area contributed by atoms with Crippen molar-refractivity contribution in [3.63, 3.8) is 0 Å². The highest BCUT2D eigenvalue weighted by atomic mass is 35.5. The van der Waals surface area contributed by atoms with Crippen LogP contribution in [0.2, 0.25) is 5.15 Å². The molecule has 0 saturated carbocycles. The zero-order valence-electron chi connectivity index (χ0n) is 27.6. The van der Waals surface area contributed by atoms with Crippen LogP contribution >= 0.6 is 35.1 Å². The van der Waals surface area contributed by atoms with E-state index in [4.69, 9.17) is 26.7 Å². The number of hydrogen-bond donors (Lipinski definition) is 2. The molecule has 3 aromatic rings. The van der Waals surface area contributed by atoms with Crippen LogP contribution in [0.4, 0.5) is 4.79 Å². The zero-order chi connectivity index (χ0) is 37.0. The number of carbonyl (C=O) groups is 2. The lowest BCUT2D eigenvalue weighted by molar-refractivity contribution is -0.403. The van der Waals surface area contributed by atoms with Gasteiger partial charge < -0.3 is 24.5 Å². The standard InChI is InChI=1S/C16H19N3O4.C10H9ClN4S.C6H8N2O3S/c1-2-19(16(21)22)8-9-23-14-11-15(20)18-17-13(14)10-12-6-4-3-5-7-12;11-9-2-1-8(5-13-9)6-15-3-4-16-10(15)14-7-12;9-5-7-2-1-3-12-6(7)4-8(10)11/h3-7,11H,2,8-10H2,1H3,(H,18,20)(H,21,22);1-2,5H,3-4,6H2;4-5H,1-3H2. The smallest absolute Gasteiger partial charge is 0.407 e. The summed E-state index contributed by atoms with van der Waals surface area (Å²) in [4.78, 5) is 54.8. The zero-order valence-corrected chi connectivity index (χ0v) is 30.0. The van der Waals surface area contributed by atoms with Gasteiger partial charge in [-0.15, -0.1) is 16.8 Å². The van der Waals surface area contributed by atoms with Gasteiger partial charge in [0.15, 0.2) is 5.17 Å². The van der Waals surface area contributed by atoms with Gasteiger partial charge in [0, 0.05) is 56.4 Å². The molecule has 270 valence electrons. The number of nitro groups is 1. The second kappa shape index (κ2) is 21.9. The van der Waals surface area contributed by atoms with E-state index in [0.717, 1.165) is 53.5 Å². The highest BCUT2D eigenvalue weighted by molar-refractivity contribution is 8.14. The van der Waals surface area contributed by atoms with Crippen molar-refractivity contribution in [2.24, 2.45) is 4.99 Å². The number of carbonyl (C=O) groups excluding carboxylic acids is 1. The van der Waals surface area contributed by atoms with E-state index in [1.807, 2.05) is 42.6 Å². The van der Waals surface area contributed by atoms with E-state index in [2.05, 4.69) is 25.1 Å². The highest BCUT2D eigenvalue weighted by Gasteiger charge is 2.20. The van der Waals surface area contributed by atoms with Gasteiger partial charge >= 0.3 is 6.09 Å². The molecule has 2 fully saturated rings. The number of halogens is 1. The monoisotopic (exact) mass is 757 g/mol. The van der Waals surface area contributed by atoms with Gasteiger partial charge in [0.1, 0.15) is 28.2 Å². The van der Waals surface area contributed by atoms with E-state index in [1.54, 1.807) is 30.9 Å². The number of nitriles is 1. The number of ether oxygens (including phenoxy) is 1. The van der Waals surface area contributed by atoms with E-state index < -0.39 is 11.0 Å². The number of nitrogens with one attached hydrogen (secondary N) is 1. The van der Waals surface area contributed by atoms with Crippen LogP contribution in [0.25, 0.3) is 0 Å². The fourth-order valence-corrected chi connectivity index (χ4v) is 6.46. The lowest BCUT2D eigenvalue weighted by Gasteiger charge is -2.22. The summed E-state index contributed by atoms with van der Waals surface area (Å²) in [5.41, 5.74) is 2.35. The number of nitrogens with zero attached hydrogens (tertiary/aromatic N) is 8. The number of pyridine rings is 1. The Kier molecular flexibility index (Phi) is 17.3. The van der Waals surface area contributed by atoms with Crippen molar-refractivity contribution in [3.8, 4) is 11.9 Å². The van der Waals surface area contributed by atoms with Crippen molar-refractivity contribution in [3.05, 3.63) is 108 Å². The minimum atomic E-state index is -0.996. The number of likely N-dealkylation sites (N-methyl/N-ethyl adjacent to an activating group) is 1. The van der Waals surface area contributed by atoms with Gasteiger partial charge in [-0.05, 0) is 30.5 Å². The topological polar surface area (TPSA) is 211 Å². The Morgan fingerprint density at radius 3 is 2.67 bits per heavy atom. The van der Waals surface area contributed by atoms with E-state index in [-0.39, 0.29) is 18.7 Å². The number of amidine groups is 1. The Bertz CT molecular complexity index is 1760. The molecule has 51 heavy (non-hydrogen) atoms. The largest absolute Gasteiger partial charge is 0.490 e. The quantitative estimate of drug-likeness (QED) is 0.0907. The van der Waals surface area contributed by atoms with Gasteiger partial charge in [0.05, 0.1) is 11.5 Å². The average Bonchev–Trinajstić information content (AvgIpc) is 3.56. The third-order valence-corrected chi connectivity index (χ3v) is 9.27. The first kappa shape index (κ1) is 40.3. The van der Waals surface area contributed by atoms with Crippen molar-refractivity contribution in [2.75, 3.05) is 44.3 Å². The number of amides is 2. The molecule has 4 heterocycles. The molecule has 2 aliphatic rings. The highest BCUT2D eigenvalue weighted by Crippen LogP contribution is 2.25. The third kappa shape index (κ3) is 14.3. The molecule has 1 aromatic carbocycles. The first-order valence-corrected chi connectivity index (χ1v) is 17.9. The van der Waals surface area contributed by atoms with Crippen LogP contribution < -0.4 is 10.3 Å². The SMILES string of the molecule is CCN(CCOc1cc(=O)[nH]nc1Cc1ccccc1)C(=O)O.N#CN=C1SCCN1Cc1ccc(Cl)nc1.O=CN1CCCSC1=C[N+](=O)[O-]. The maximum absolute atomic E-state index is 11.5. The van der Waals surface area contributed by atoms with Crippen LogP contribution in [0.15, 0.2) is 75.7 Å². The van der Waals surface area contributed by atoms with Crippen LogP contribution in [0.3, 0.4) is 0 Å². The first-order chi connectivity index (χ1) is 24.6. The number of rotatable bonds is 11. The molecule has 2 saturated heterocycles. The molecule has 0 bridgehead atoms. The van der Waals surface area contributed by atoms with Crippen molar-refractivity contribution in [1.82, 2.24) is 29.9 Å². The number of carboxylic acid groups (broad SMARTS) is 1. The van der Waals surface area contributed by atoms with E-state index in [1.165, 1.54) is 27.6 Å². The van der Waals surface area contributed by atoms with Gasteiger partial charge in [-0.2, -0.15) is 10.4 Å². The van der Waals surface area contributed by atoms with Gasteiger partial charge in [0.25, 0.3) is 11.8 Å². The minimum absolute atomic E-state index is 0.160. The third-order valence-electron chi connectivity index (χ3n) is 6.92. The van der Waals surface area contributed by atoms with E-state index in [0.29, 0.717) is 47.5 Å². The first-order valence-electron chi connectivity index (χ1n) is 15.5. The summed E-state index contributed by atoms with van der Waals surface area (Å²) in [5.74, 6) is 2.19. The molecule has 2 aromatic heterocycles. The van der Waals surface area contributed by atoms with Crippen LogP contribution in [0.1, 0.15) is 30.2 Å². The predicted molar refractivity (Wildman–Crippen MR) is 195 cm³/mol. The number of thioether (sulfide) groups is 2. The molecule has 0 aliphatic carbocycles. The number of hydrogen-bond acceptors (Lipinski definition) is 12. The molecule has 2 N–H and O–H groups in total. The maximum Gasteiger partial charge on any atom is 0.407 e. The number of benzene rings is 1. The van der Waals surface area contributed by atoms with Gasteiger partial charge in [0.2, 0.25) is 12.6 Å². The molecule has 19 heteroatoms. The summed E-state index contributed by atoms with van der Waals surface area (Å²) in [6.07, 6.45) is 5.48. The molecular weight excluding hydrogens is 722 g/mol. The molecule has 0 radical (unpaired) electrons. The normalized spacial score (nSPS) is 15.2. The number of H-pyrrole nitrogens is 1. The van der Waals surface area contributed by atoms with E-state index >= 15 is 0 Å². The second-order valence-electron chi connectivity index (χ2n) is 10.4. The summed E-state index contributed by atoms with van der Waals surface area (Å²) < 4.78 is 5.59. The molecule has 0 unspecified atom stereocenters. The number of aromatic nitrogens is 3. The van der Waals surface area contributed by atoms with Crippen molar-refractivity contribution in [2.45, 2.75) is 26.3 Å².